The molecule has 1 atom stereocenters. The Bertz CT molecular complexity index is 889. The van der Waals surface area contributed by atoms with Gasteiger partial charge in [0.25, 0.3) is 11.6 Å². The van der Waals surface area contributed by atoms with Crippen LogP contribution in [0, 0.1) is 24.0 Å². The molecule has 10 heteroatoms. The number of nitrogens with one attached hydrogen (secondary N) is 1. The van der Waals surface area contributed by atoms with Crippen molar-refractivity contribution in [2.45, 2.75) is 26.9 Å². The number of nitro groups is 1. The lowest BCUT2D eigenvalue weighted by molar-refractivity contribution is -0.383. The third-order valence-electron chi connectivity index (χ3n) is 3.87. The number of carbonyl (C=O) groups is 2. The first-order chi connectivity index (χ1) is 12.1. The number of nitro benzene ring substituents is 1. The second-order valence-electron chi connectivity index (χ2n) is 5.74. The molecular weight excluding hydrogens is 342 g/mol. The Hall–Kier alpha value is -3.43. The van der Waals surface area contributed by atoms with Crippen LogP contribution in [-0.2, 0) is 16.6 Å². The molecule has 1 aromatic heterocycles. The number of hydrogen-bond donors (Lipinski definition) is 2. The summed E-state index contributed by atoms with van der Waals surface area (Å²) in [5.74, 6) is -1.40. The Morgan fingerprint density at radius 2 is 2.04 bits per heavy atom. The number of nitrogens with two attached hydrogens (primary N) is 1. The largest absolute Gasteiger partial charge is 0.449 e. The number of amides is 1. The van der Waals surface area contributed by atoms with E-state index in [1.807, 2.05) is 0 Å². The summed E-state index contributed by atoms with van der Waals surface area (Å²) in [6.07, 6.45) is -1.11. The topological polar surface area (TPSA) is 142 Å². The van der Waals surface area contributed by atoms with Gasteiger partial charge in [0.2, 0.25) is 0 Å². The molecule has 1 aromatic carbocycles. The first-order valence-corrected chi connectivity index (χ1v) is 7.67. The van der Waals surface area contributed by atoms with Gasteiger partial charge in [0.15, 0.2) is 6.10 Å². The summed E-state index contributed by atoms with van der Waals surface area (Å²) in [5.41, 5.74) is 6.88. The lowest BCUT2D eigenvalue weighted by atomic mass is 10.2. The van der Waals surface area contributed by atoms with Crippen molar-refractivity contribution in [1.29, 1.82) is 0 Å². The van der Waals surface area contributed by atoms with Crippen molar-refractivity contribution in [1.82, 2.24) is 9.78 Å². The number of nitrogens with zero attached hydrogens (tertiary/aromatic N) is 3. The van der Waals surface area contributed by atoms with Crippen LogP contribution in [0.3, 0.4) is 0 Å². The second-order valence-corrected chi connectivity index (χ2v) is 5.74. The molecule has 0 saturated carbocycles. The van der Waals surface area contributed by atoms with E-state index in [0.29, 0.717) is 11.4 Å². The molecule has 2 aromatic rings. The Morgan fingerprint density at radius 3 is 2.58 bits per heavy atom. The van der Waals surface area contributed by atoms with Gasteiger partial charge < -0.3 is 15.8 Å². The lowest BCUT2D eigenvalue weighted by Gasteiger charge is -2.14. The SMILES string of the molecule is Cc1nn(C)c(C)c1NC(=O)[C@H](C)OC(=O)c1ccc(N)c([N+](=O)[O-])c1. The van der Waals surface area contributed by atoms with E-state index in [-0.39, 0.29) is 11.3 Å². The summed E-state index contributed by atoms with van der Waals surface area (Å²) < 4.78 is 6.71. The molecule has 0 fully saturated rings. The minimum atomic E-state index is -1.11. The fraction of sp³-hybridized carbons (Fsp3) is 0.312. The van der Waals surface area contributed by atoms with Gasteiger partial charge >= 0.3 is 5.97 Å². The van der Waals surface area contributed by atoms with Crippen LogP contribution in [0.25, 0.3) is 0 Å². The van der Waals surface area contributed by atoms with Crippen LogP contribution in [0.1, 0.15) is 28.7 Å². The first-order valence-electron chi connectivity index (χ1n) is 7.67. The van der Waals surface area contributed by atoms with Crippen LogP contribution < -0.4 is 11.1 Å². The van der Waals surface area contributed by atoms with E-state index in [1.165, 1.54) is 19.1 Å². The Morgan fingerprint density at radius 1 is 1.38 bits per heavy atom. The molecule has 2 rings (SSSR count). The molecule has 10 nitrogen and oxygen atoms in total. The van der Waals surface area contributed by atoms with Gasteiger partial charge in [0.05, 0.1) is 27.6 Å². The summed E-state index contributed by atoms with van der Waals surface area (Å²) in [5, 5.41) is 17.7. The molecule has 0 aliphatic heterocycles. The predicted octanol–water partition coefficient (Wildman–Crippen LogP) is 1.71. The van der Waals surface area contributed by atoms with Gasteiger partial charge in [-0.1, -0.05) is 0 Å². The molecule has 26 heavy (non-hydrogen) atoms. The van der Waals surface area contributed by atoms with Gasteiger partial charge in [-0.2, -0.15) is 5.10 Å². The first kappa shape index (κ1) is 18.9. The molecular formula is C16H19N5O5. The van der Waals surface area contributed by atoms with E-state index >= 15 is 0 Å². The smallest absolute Gasteiger partial charge is 0.339 e. The zero-order valence-corrected chi connectivity index (χ0v) is 14.8. The maximum atomic E-state index is 12.3. The highest BCUT2D eigenvalue weighted by molar-refractivity contribution is 5.98. The van der Waals surface area contributed by atoms with Gasteiger partial charge in [0, 0.05) is 13.1 Å². The van der Waals surface area contributed by atoms with Crippen molar-refractivity contribution in [2.75, 3.05) is 11.1 Å². The van der Waals surface area contributed by atoms with Crippen LogP contribution in [0.15, 0.2) is 18.2 Å². The minimum Gasteiger partial charge on any atom is -0.449 e. The Balaban J connectivity index is 2.10. The third-order valence-corrected chi connectivity index (χ3v) is 3.87. The predicted molar refractivity (Wildman–Crippen MR) is 93.7 cm³/mol. The zero-order valence-electron chi connectivity index (χ0n) is 14.8. The van der Waals surface area contributed by atoms with Crippen LogP contribution in [0.2, 0.25) is 0 Å². The van der Waals surface area contributed by atoms with Gasteiger partial charge in [0.1, 0.15) is 5.69 Å². The zero-order chi connectivity index (χ0) is 19.6. The molecule has 0 aliphatic carbocycles. The van der Waals surface area contributed by atoms with Gasteiger partial charge in [-0.15, -0.1) is 0 Å². The highest BCUT2D eigenvalue weighted by Gasteiger charge is 2.23. The molecule has 0 saturated heterocycles. The average Bonchev–Trinajstić information content (AvgIpc) is 2.80. The Labute approximate surface area is 149 Å². The second kappa shape index (κ2) is 7.21. The number of nitrogen functional groups attached to an aromatic ring is 1. The van der Waals surface area contributed by atoms with Crippen molar-refractivity contribution < 1.29 is 19.2 Å². The summed E-state index contributed by atoms with van der Waals surface area (Å²) in [7, 11) is 1.75. The molecule has 0 spiro atoms. The number of carbonyl (C=O) groups excluding carboxylic acids is 2. The lowest BCUT2D eigenvalue weighted by Crippen LogP contribution is -2.30. The van der Waals surface area contributed by atoms with Crippen molar-refractivity contribution in [3.05, 3.63) is 45.3 Å². The van der Waals surface area contributed by atoms with E-state index in [1.54, 1.807) is 25.6 Å². The van der Waals surface area contributed by atoms with Crippen molar-refractivity contribution >= 4 is 28.9 Å². The molecule has 0 aliphatic rings. The monoisotopic (exact) mass is 361 g/mol. The number of ether oxygens (including phenoxy) is 1. The maximum Gasteiger partial charge on any atom is 0.339 e. The van der Waals surface area contributed by atoms with E-state index in [4.69, 9.17) is 10.5 Å². The number of aryl methyl sites for hydroxylation is 2. The summed E-state index contributed by atoms with van der Waals surface area (Å²) in [6, 6.07) is 3.55. The summed E-state index contributed by atoms with van der Waals surface area (Å²) >= 11 is 0. The van der Waals surface area contributed by atoms with Gasteiger partial charge in [-0.25, -0.2) is 4.79 Å². The number of hydrogen-bond acceptors (Lipinski definition) is 7. The van der Waals surface area contributed by atoms with Crippen LogP contribution >= 0.6 is 0 Å². The fourth-order valence-corrected chi connectivity index (χ4v) is 2.29. The van der Waals surface area contributed by atoms with Gasteiger partial charge in [-0.3, -0.25) is 19.6 Å². The van der Waals surface area contributed by atoms with E-state index in [0.717, 1.165) is 11.8 Å². The van der Waals surface area contributed by atoms with E-state index in [2.05, 4.69) is 10.4 Å². The van der Waals surface area contributed by atoms with Crippen molar-refractivity contribution in [3.8, 4) is 0 Å². The Kier molecular flexibility index (Phi) is 5.24. The van der Waals surface area contributed by atoms with Gasteiger partial charge in [-0.05, 0) is 32.9 Å². The van der Waals surface area contributed by atoms with Crippen LogP contribution in [0.4, 0.5) is 17.1 Å². The number of anilines is 2. The van der Waals surface area contributed by atoms with Crippen molar-refractivity contribution in [2.24, 2.45) is 7.05 Å². The molecule has 1 amide bonds. The number of rotatable bonds is 5. The standard InChI is InChI=1S/C16H19N5O5/c1-8-14(9(2)20(4)19-8)18-15(22)10(3)26-16(23)11-5-6-12(17)13(7-11)21(24)25/h5-7,10H,17H2,1-4H3,(H,18,22)/t10-/m0/s1. The quantitative estimate of drug-likeness (QED) is 0.357. The number of benzene rings is 1. The maximum absolute atomic E-state index is 12.3. The molecule has 1 heterocycles. The number of aromatic nitrogens is 2. The normalized spacial score (nSPS) is 11.7. The number of esters is 1. The molecule has 0 unspecified atom stereocenters. The summed E-state index contributed by atoms with van der Waals surface area (Å²) in [6.45, 7) is 4.94. The van der Waals surface area contributed by atoms with E-state index < -0.39 is 28.6 Å². The molecule has 0 bridgehead atoms. The molecule has 3 N–H and O–H groups in total. The van der Waals surface area contributed by atoms with Crippen LogP contribution in [-0.4, -0.2) is 32.7 Å². The van der Waals surface area contributed by atoms with E-state index in [9.17, 15) is 19.7 Å². The minimum absolute atomic E-state index is 0.0696. The summed E-state index contributed by atoms with van der Waals surface area (Å²) in [4.78, 5) is 34.6. The fourth-order valence-electron chi connectivity index (χ4n) is 2.29. The molecule has 138 valence electrons. The highest BCUT2D eigenvalue weighted by Crippen LogP contribution is 2.23. The third kappa shape index (κ3) is 3.79. The molecule has 0 radical (unpaired) electrons. The van der Waals surface area contributed by atoms with Crippen molar-refractivity contribution in [3.63, 3.8) is 0 Å². The van der Waals surface area contributed by atoms with Crippen LogP contribution in [0.5, 0.6) is 0 Å². The average molecular weight is 361 g/mol. The highest BCUT2D eigenvalue weighted by atomic mass is 16.6.